The van der Waals surface area contributed by atoms with Crippen molar-refractivity contribution >= 4 is 10.1 Å². The van der Waals surface area contributed by atoms with Crippen molar-refractivity contribution in [3.05, 3.63) is 0 Å². The Labute approximate surface area is 207 Å². The molecule has 0 N–H and O–H groups in total. The van der Waals surface area contributed by atoms with Gasteiger partial charge in [0.25, 0.3) is 10.1 Å². The third-order valence-electron chi connectivity index (χ3n) is 12.2. The van der Waals surface area contributed by atoms with Crippen LogP contribution >= 0.6 is 0 Å². The lowest BCUT2D eigenvalue weighted by Gasteiger charge is -2.61. The molecule has 34 heavy (non-hydrogen) atoms. The van der Waals surface area contributed by atoms with Crippen LogP contribution in [0.5, 0.6) is 0 Å². The van der Waals surface area contributed by atoms with Crippen LogP contribution in [0.1, 0.15) is 91.9 Å². The summed E-state index contributed by atoms with van der Waals surface area (Å²) in [6.45, 7) is 10.7. The third kappa shape index (κ3) is 3.51. The Morgan fingerprint density at radius 3 is 2.35 bits per heavy atom. The van der Waals surface area contributed by atoms with Gasteiger partial charge in [0.2, 0.25) is 0 Å². The van der Waals surface area contributed by atoms with E-state index in [2.05, 4.69) is 27.7 Å². The van der Waals surface area contributed by atoms with Crippen molar-refractivity contribution in [1.82, 2.24) is 0 Å². The van der Waals surface area contributed by atoms with Crippen LogP contribution in [0, 0.1) is 52.3 Å². The molecule has 0 unspecified atom stereocenters. The summed E-state index contributed by atoms with van der Waals surface area (Å²) in [7, 11) is -3.38. The van der Waals surface area contributed by atoms with Gasteiger partial charge in [-0.15, -0.1) is 0 Å². The highest BCUT2D eigenvalue weighted by Crippen LogP contribution is 2.71. The van der Waals surface area contributed by atoms with Gasteiger partial charge in [-0.3, -0.25) is 4.18 Å². The zero-order valence-corrected chi connectivity index (χ0v) is 22.7. The lowest BCUT2D eigenvalue weighted by Crippen LogP contribution is -2.55. The predicted octanol–water partition coefficient (Wildman–Crippen LogP) is 5.78. The summed E-state index contributed by atoms with van der Waals surface area (Å²) in [6.07, 6.45) is 13.0. The average Bonchev–Trinajstić information content (AvgIpc) is 3.20. The monoisotopic (exact) mass is 494 g/mol. The van der Waals surface area contributed by atoms with Crippen molar-refractivity contribution in [2.45, 2.75) is 110 Å². The van der Waals surface area contributed by atoms with Crippen molar-refractivity contribution in [2.75, 3.05) is 12.9 Å². The largest absolute Gasteiger partial charge is 0.349 e. The van der Waals surface area contributed by atoms with Gasteiger partial charge in [0, 0.05) is 12.3 Å². The maximum absolute atomic E-state index is 11.7. The summed E-state index contributed by atoms with van der Waals surface area (Å²) < 4.78 is 42.3. The van der Waals surface area contributed by atoms with Crippen molar-refractivity contribution in [1.29, 1.82) is 0 Å². The molecule has 2 aliphatic heterocycles. The Kier molecular flexibility index (Phi) is 5.63. The first-order valence-corrected chi connectivity index (χ1v) is 16.0. The minimum atomic E-state index is -3.38. The highest BCUT2D eigenvalue weighted by atomic mass is 32.2. The Bertz CT molecular complexity index is 910. The van der Waals surface area contributed by atoms with Crippen molar-refractivity contribution in [3.8, 4) is 0 Å². The van der Waals surface area contributed by atoms with Crippen LogP contribution < -0.4 is 0 Å². The number of ether oxygens (including phenoxy) is 2. The Morgan fingerprint density at radius 1 is 0.882 bits per heavy atom. The van der Waals surface area contributed by atoms with Crippen molar-refractivity contribution in [3.63, 3.8) is 0 Å². The van der Waals surface area contributed by atoms with Crippen LogP contribution in [0.4, 0.5) is 0 Å². The van der Waals surface area contributed by atoms with Gasteiger partial charge >= 0.3 is 0 Å². The molecule has 0 radical (unpaired) electrons. The molecule has 4 aliphatic carbocycles. The molecule has 6 aliphatic rings. The Hall–Kier alpha value is -0.170. The first kappa shape index (κ1) is 24.2. The zero-order valence-electron chi connectivity index (χ0n) is 21.9. The molecular weight excluding hydrogens is 448 g/mol. The molecule has 2 saturated heterocycles. The van der Waals surface area contributed by atoms with E-state index in [1.54, 1.807) is 0 Å². The normalized spacial score (nSPS) is 57.0. The number of rotatable bonds is 2. The smallest absolute Gasteiger partial charge is 0.264 e. The summed E-state index contributed by atoms with van der Waals surface area (Å²) in [5, 5.41) is 0. The van der Waals surface area contributed by atoms with E-state index in [4.69, 9.17) is 13.7 Å². The second kappa shape index (κ2) is 7.91. The lowest BCUT2D eigenvalue weighted by atomic mass is 9.44. The van der Waals surface area contributed by atoms with Gasteiger partial charge in [-0.2, -0.15) is 8.42 Å². The first-order chi connectivity index (χ1) is 16.0. The van der Waals surface area contributed by atoms with Crippen molar-refractivity contribution in [2.24, 2.45) is 52.3 Å². The van der Waals surface area contributed by atoms with Gasteiger partial charge in [0.15, 0.2) is 5.79 Å². The first-order valence-electron chi connectivity index (χ1n) is 14.2. The van der Waals surface area contributed by atoms with Crippen LogP contribution in [-0.2, 0) is 23.8 Å². The maximum atomic E-state index is 11.7. The highest BCUT2D eigenvalue weighted by molar-refractivity contribution is 7.86. The van der Waals surface area contributed by atoms with Crippen LogP contribution in [0.2, 0.25) is 0 Å². The predicted molar refractivity (Wildman–Crippen MR) is 131 cm³/mol. The SMILES string of the molecule is C[C@@H]1CC[C@@]2(OC1)O[C@H]1C[C@H]3[C@@H]4CC[C@@H]5C[C@@H](OS(C)(=O)=O)CC[C@]5(C)[C@H]4CC[C@]3(C)[C@H]1[C@@H]2C. The van der Waals surface area contributed by atoms with E-state index in [0.29, 0.717) is 40.6 Å². The van der Waals surface area contributed by atoms with Gasteiger partial charge < -0.3 is 9.47 Å². The summed E-state index contributed by atoms with van der Waals surface area (Å²) in [5.74, 6) is 4.32. The molecule has 6 heteroatoms. The number of hydrogen-bond donors (Lipinski definition) is 0. The standard InChI is InChI=1S/C28H46O5S/c1-17-8-13-28(31-16-17)18(2)25-24(32-28)15-23-21-7-6-19-14-20(33-34(5,29)30)9-11-26(19,3)22(21)10-12-27(23,25)4/h17-25H,6-16H2,1-5H3/t17-,18+,19-,20+,21-,22+,23+,24+,25+,26+,27+,28-/m1/s1. The van der Waals surface area contributed by atoms with Gasteiger partial charge in [-0.05, 0) is 104 Å². The zero-order chi connectivity index (χ0) is 24.1. The van der Waals surface area contributed by atoms with Crippen LogP contribution in [0.15, 0.2) is 0 Å². The van der Waals surface area contributed by atoms with E-state index < -0.39 is 10.1 Å². The number of hydrogen-bond acceptors (Lipinski definition) is 5. The van der Waals surface area contributed by atoms with Gasteiger partial charge in [0.05, 0.1) is 25.1 Å². The van der Waals surface area contributed by atoms with Gasteiger partial charge in [-0.25, -0.2) is 0 Å². The Balaban J connectivity index is 1.20. The molecule has 12 atom stereocenters. The third-order valence-corrected chi connectivity index (χ3v) is 12.8. The molecule has 0 amide bonds. The second-order valence-electron chi connectivity index (χ2n) is 13.9. The van der Waals surface area contributed by atoms with E-state index in [1.165, 1.54) is 44.8 Å². The van der Waals surface area contributed by atoms with E-state index >= 15 is 0 Å². The molecule has 6 fully saturated rings. The summed E-state index contributed by atoms with van der Waals surface area (Å²) >= 11 is 0. The molecule has 0 bridgehead atoms. The molecule has 0 aromatic carbocycles. The molecule has 2 heterocycles. The molecule has 1 spiro atoms. The fourth-order valence-corrected chi connectivity index (χ4v) is 11.2. The maximum Gasteiger partial charge on any atom is 0.264 e. The fourth-order valence-electron chi connectivity index (χ4n) is 10.6. The molecule has 4 saturated carbocycles. The second-order valence-corrected chi connectivity index (χ2v) is 15.5. The highest BCUT2D eigenvalue weighted by Gasteiger charge is 2.69. The van der Waals surface area contributed by atoms with Gasteiger partial charge in [-0.1, -0.05) is 27.7 Å². The molecule has 194 valence electrons. The summed E-state index contributed by atoms with van der Waals surface area (Å²) in [4.78, 5) is 0. The number of fused-ring (bicyclic) bond motifs is 7. The molecule has 6 rings (SSSR count). The quantitative estimate of drug-likeness (QED) is 0.456. The van der Waals surface area contributed by atoms with E-state index in [1.807, 2.05) is 0 Å². The van der Waals surface area contributed by atoms with E-state index in [0.717, 1.165) is 50.0 Å². The lowest BCUT2D eigenvalue weighted by molar-refractivity contribution is -0.273. The summed E-state index contributed by atoms with van der Waals surface area (Å²) in [5.41, 5.74) is 0.691. The summed E-state index contributed by atoms with van der Waals surface area (Å²) in [6, 6.07) is 0. The van der Waals surface area contributed by atoms with Crippen LogP contribution in [0.3, 0.4) is 0 Å². The minimum Gasteiger partial charge on any atom is -0.349 e. The Morgan fingerprint density at radius 2 is 1.65 bits per heavy atom. The van der Waals surface area contributed by atoms with E-state index in [-0.39, 0.29) is 11.9 Å². The molecular formula is C28H46O5S. The van der Waals surface area contributed by atoms with Crippen LogP contribution in [-0.4, -0.2) is 39.3 Å². The molecule has 0 aromatic heterocycles. The topological polar surface area (TPSA) is 61.8 Å². The van der Waals surface area contributed by atoms with Gasteiger partial charge in [0.1, 0.15) is 0 Å². The van der Waals surface area contributed by atoms with Crippen LogP contribution in [0.25, 0.3) is 0 Å². The fraction of sp³-hybridized carbons (Fsp3) is 1.00. The molecule has 0 aromatic rings. The van der Waals surface area contributed by atoms with Crippen molar-refractivity contribution < 1.29 is 22.1 Å². The average molecular weight is 495 g/mol. The molecule has 5 nitrogen and oxygen atoms in total. The minimum absolute atomic E-state index is 0.118. The van der Waals surface area contributed by atoms with E-state index in [9.17, 15) is 8.42 Å².